The fourth-order valence-electron chi connectivity index (χ4n) is 2.39. The molecule has 0 saturated carbocycles. The van der Waals surface area contributed by atoms with E-state index >= 15 is 0 Å². The maximum absolute atomic E-state index is 13.5. The zero-order valence-corrected chi connectivity index (χ0v) is 23.0. The number of nitrogens with one attached hydrogen (secondary N) is 2. The standard InChI is InChI=1S/C23H38N3O9P/c1-16(20(27)32-13-22(3,4)5)24-36(31,25-17(2)21(28)33-14-23(6,7)8)35-15-34-19-11-9-18(10-12-19)26(29)30/h9-12,16-17H,13-15H2,1-8H3,(H2,24,25,31)/t16-,17-/m0/s1. The van der Waals surface area contributed by atoms with Crippen molar-refractivity contribution in [3.05, 3.63) is 34.4 Å². The number of rotatable bonds is 13. The van der Waals surface area contributed by atoms with Crippen LogP contribution in [0.25, 0.3) is 0 Å². The van der Waals surface area contributed by atoms with Crippen molar-refractivity contribution in [3.63, 3.8) is 0 Å². The molecule has 0 heterocycles. The number of nitro groups is 1. The smallest absolute Gasteiger partial charge is 0.345 e. The number of carbonyl (C=O) groups excluding carboxylic acids is 2. The van der Waals surface area contributed by atoms with E-state index in [2.05, 4.69) is 10.2 Å². The first-order chi connectivity index (χ1) is 16.4. The number of non-ortho nitro benzene ring substituents is 1. The van der Waals surface area contributed by atoms with Gasteiger partial charge in [0.2, 0.25) is 0 Å². The van der Waals surface area contributed by atoms with Gasteiger partial charge in [0.1, 0.15) is 17.8 Å². The second-order valence-electron chi connectivity index (χ2n) is 10.7. The lowest BCUT2D eigenvalue weighted by molar-refractivity contribution is -0.384. The first-order valence-corrected chi connectivity index (χ1v) is 13.0. The zero-order chi connectivity index (χ0) is 27.7. The molecule has 0 saturated heterocycles. The lowest BCUT2D eigenvalue weighted by atomic mass is 9.99. The van der Waals surface area contributed by atoms with Crippen LogP contribution in [0.5, 0.6) is 5.75 Å². The van der Waals surface area contributed by atoms with Gasteiger partial charge in [-0.15, -0.1) is 0 Å². The number of esters is 2. The van der Waals surface area contributed by atoms with Crippen LogP contribution in [0.1, 0.15) is 55.4 Å². The molecule has 0 radical (unpaired) electrons. The summed E-state index contributed by atoms with van der Waals surface area (Å²) in [6.45, 7) is 14.0. The van der Waals surface area contributed by atoms with Crippen LogP contribution in [0.4, 0.5) is 5.69 Å². The van der Waals surface area contributed by atoms with E-state index in [0.29, 0.717) is 0 Å². The van der Waals surface area contributed by atoms with Crippen LogP contribution in [0.15, 0.2) is 24.3 Å². The molecule has 0 aliphatic heterocycles. The van der Waals surface area contributed by atoms with Crippen LogP contribution in [-0.4, -0.2) is 49.0 Å². The van der Waals surface area contributed by atoms with E-state index in [0.717, 1.165) is 0 Å². The van der Waals surface area contributed by atoms with Gasteiger partial charge in [0.15, 0.2) is 6.79 Å². The third-order valence-electron chi connectivity index (χ3n) is 4.24. The summed E-state index contributed by atoms with van der Waals surface area (Å²) in [7, 11) is -4.07. The molecule has 0 amide bonds. The van der Waals surface area contributed by atoms with Gasteiger partial charge in [0.25, 0.3) is 5.69 Å². The molecular formula is C23H38N3O9P. The Morgan fingerprint density at radius 3 is 1.69 bits per heavy atom. The van der Waals surface area contributed by atoms with Gasteiger partial charge in [-0.1, -0.05) is 41.5 Å². The van der Waals surface area contributed by atoms with Crippen LogP contribution in [0.3, 0.4) is 0 Å². The Balaban J connectivity index is 2.90. The highest BCUT2D eigenvalue weighted by molar-refractivity contribution is 7.54. The quantitative estimate of drug-likeness (QED) is 0.124. The Morgan fingerprint density at radius 1 is 0.917 bits per heavy atom. The molecule has 0 aliphatic rings. The normalized spacial score (nSPS) is 14.0. The summed E-state index contributed by atoms with van der Waals surface area (Å²) in [6.07, 6.45) is 0. The van der Waals surface area contributed by atoms with Crippen molar-refractivity contribution in [1.29, 1.82) is 0 Å². The highest BCUT2D eigenvalue weighted by Gasteiger charge is 2.34. The Morgan fingerprint density at radius 2 is 1.33 bits per heavy atom. The maximum atomic E-state index is 13.5. The van der Waals surface area contributed by atoms with Gasteiger partial charge >= 0.3 is 19.6 Å². The summed E-state index contributed by atoms with van der Waals surface area (Å²) >= 11 is 0. The second kappa shape index (κ2) is 13.1. The largest absolute Gasteiger partial charge is 0.467 e. The third-order valence-corrected chi connectivity index (χ3v) is 6.16. The summed E-state index contributed by atoms with van der Waals surface area (Å²) in [5.41, 5.74) is -0.655. The number of nitro benzene ring substituents is 1. The molecule has 1 aromatic carbocycles. The van der Waals surface area contributed by atoms with Crippen molar-refractivity contribution in [1.82, 2.24) is 10.2 Å². The highest BCUT2D eigenvalue weighted by atomic mass is 31.2. The first-order valence-electron chi connectivity index (χ1n) is 11.4. The summed E-state index contributed by atoms with van der Waals surface area (Å²) in [4.78, 5) is 35.1. The number of hydrogen-bond donors (Lipinski definition) is 2. The fraction of sp³-hybridized carbons (Fsp3) is 0.652. The van der Waals surface area contributed by atoms with Gasteiger partial charge < -0.3 is 14.2 Å². The number of nitrogens with zero attached hydrogens (tertiary/aromatic N) is 1. The molecule has 0 bridgehead atoms. The molecule has 36 heavy (non-hydrogen) atoms. The number of carbonyl (C=O) groups is 2. The summed E-state index contributed by atoms with van der Waals surface area (Å²) in [6, 6.07) is 3.09. The molecule has 1 aromatic rings. The van der Waals surface area contributed by atoms with Gasteiger partial charge in [-0.25, -0.2) is 10.2 Å². The van der Waals surface area contributed by atoms with Crippen molar-refractivity contribution >= 4 is 25.3 Å². The van der Waals surface area contributed by atoms with Crippen LogP contribution < -0.4 is 14.9 Å². The first kappa shape index (κ1) is 31.5. The Hall–Kier alpha value is -2.53. The summed E-state index contributed by atoms with van der Waals surface area (Å²) < 4.78 is 34.9. The van der Waals surface area contributed by atoms with Crippen LogP contribution >= 0.6 is 7.67 Å². The minimum absolute atomic E-state index is 0.123. The van der Waals surface area contributed by atoms with E-state index in [9.17, 15) is 24.3 Å². The van der Waals surface area contributed by atoms with Crippen molar-refractivity contribution in [2.24, 2.45) is 10.8 Å². The molecule has 204 valence electrons. The Bertz CT molecular complexity index is 898. The molecular weight excluding hydrogens is 493 g/mol. The van der Waals surface area contributed by atoms with Gasteiger partial charge in [0.05, 0.1) is 18.1 Å². The number of hydrogen-bond acceptors (Lipinski definition) is 9. The average molecular weight is 532 g/mol. The van der Waals surface area contributed by atoms with E-state index < -0.39 is 43.4 Å². The second-order valence-corrected chi connectivity index (χ2v) is 12.6. The third kappa shape index (κ3) is 12.4. The lowest BCUT2D eigenvalue weighted by Gasteiger charge is -2.27. The molecule has 0 spiro atoms. The predicted octanol–water partition coefficient (Wildman–Crippen LogP) is 4.19. The molecule has 2 atom stereocenters. The van der Waals surface area contributed by atoms with E-state index in [1.165, 1.54) is 38.1 Å². The topological polar surface area (TPSA) is 155 Å². The summed E-state index contributed by atoms with van der Waals surface area (Å²) in [5, 5.41) is 15.9. The maximum Gasteiger partial charge on any atom is 0.345 e. The van der Waals surface area contributed by atoms with Crippen molar-refractivity contribution in [2.45, 2.75) is 67.5 Å². The van der Waals surface area contributed by atoms with Gasteiger partial charge in [-0.05, 0) is 36.8 Å². The predicted molar refractivity (Wildman–Crippen MR) is 133 cm³/mol. The molecule has 1 rings (SSSR count). The molecule has 0 fully saturated rings. The monoisotopic (exact) mass is 531 g/mol. The van der Waals surface area contributed by atoms with Crippen LogP contribution in [-0.2, 0) is 28.2 Å². The molecule has 12 nitrogen and oxygen atoms in total. The lowest BCUT2D eigenvalue weighted by Crippen LogP contribution is -2.43. The van der Waals surface area contributed by atoms with E-state index in [1.807, 2.05) is 41.5 Å². The van der Waals surface area contributed by atoms with E-state index in [4.69, 9.17) is 18.7 Å². The number of benzene rings is 1. The molecule has 13 heteroatoms. The van der Waals surface area contributed by atoms with Gasteiger partial charge in [-0.2, -0.15) is 0 Å². The fourth-order valence-corrected chi connectivity index (χ4v) is 4.04. The molecule has 0 aliphatic carbocycles. The van der Waals surface area contributed by atoms with Crippen molar-refractivity contribution in [3.8, 4) is 5.75 Å². The minimum Gasteiger partial charge on any atom is -0.467 e. The van der Waals surface area contributed by atoms with Gasteiger partial charge in [0, 0.05) is 12.1 Å². The molecule has 0 unspecified atom stereocenters. The van der Waals surface area contributed by atoms with Crippen LogP contribution in [0, 0.1) is 20.9 Å². The SMILES string of the molecule is C[C@H](NP(=O)(N[C@@H](C)C(=O)OCC(C)(C)C)OCOc1ccc([N+](=O)[O-])cc1)C(=O)OCC(C)(C)C. The van der Waals surface area contributed by atoms with E-state index in [1.54, 1.807) is 0 Å². The zero-order valence-electron chi connectivity index (χ0n) is 22.2. The van der Waals surface area contributed by atoms with E-state index in [-0.39, 0.29) is 35.5 Å². The minimum atomic E-state index is -4.07. The molecule has 2 N–H and O–H groups in total. The van der Waals surface area contributed by atoms with Crippen LogP contribution in [0.2, 0.25) is 0 Å². The molecule has 0 aromatic heterocycles. The summed E-state index contributed by atoms with van der Waals surface area (Å²) in [5.74, 6) is -1.09. The van der Waals surface area contributed by atoms with Gasteiger partial charge in [-0.3, -0.25) is 28.8 Å². The average Bonchev–Trinajstić information content (AvgIpc) is 2.74. The van der Waals surface area contributed by atoms with Crippen molar-refractivity contribution < 1.29 is 37.8 Å². The Kier molecular flexibility index (Phi) is 11.5. The van der Waals surface area contributed by atoms with Crippen molar-refractivity contribution in [2.75, 3.05) is 20.0 Å². The Labute approximate surface area is 212 Å². The number of ether oxygens (including phenoxy) is 3. The highest BCUT2D eigenvalue weighted by Crippen LogP contribution is 2.39.